The zero-order chi connectivity index (χ0) is 18.7. The third-order valence-corrected chi connectivity index (χ3v) is 6.01. The van der Waals surface area contributed by atoms with Gasteiger partial charge in [-0.3, -0.25) is 9.71 Å². The molecule has 0 spiro atoms. The monoisotopic (exact) mass is 412 g/mol. The summed E-state index contributed by atoms with van der Waals surface area (Å²) >= 11 is 7.26. The van der Waals surface area contributed by atoms with Crippen molar-refractivity contribution in [2.45, 2.75) is 17.9 Å². The lowest BCUT2D eigenvalue weighted by atomic mass is 10.1. The molecule has 6 nitrogen and oxygen atoms in total. The summed E-state index contributed by atoms with van der Waals surface area (Å²) < 4.78 is 41.4. The van der Waals surface area contributed by atoms with E-state index in [-0.39, 0.29) is 21.9 Å². The van der Waals surface area contributed by atoms with Crippen molar-refractivity contribution >= 4 is 43.8 Å². The van der Waals surface area contributed by atoms with Crippen LogP contribution in [0, 0.1) is 5.82 Å². The van der Waals surface area contributed by atoms with Crippen LogP contribution in [0.2, 0.25) is 5.02 Å². The quantitative estimate of drug-likeness (QED) is 0.630. The molecule has 0 radical (unpaired) electrons. The van der Waals surface area contributed by atoms with Gasteiger partial charge in [0.15, 0.2) is 5.13 Å². The Hall–Kier alpha value is -2.23. The Morgan fingerprint density at radius 3 is 2.77 bits per heavy atom. The Morgan fingerprint density at radius 1 is 1.31 bits per heavy atom. The molecule has 0 saturated carbocycles. The van der Waals surface area contributed by atoms with Crippen LogP contribution in [0.5, 0.6) is 0 Å². The van der Waals surface area contributed by atoms with E-state index < -0.39 is 20.7 Å². The molecule has 0 aliphatic rings. The van der Waals surface area contributed by atoms with Crippen LogP contribution >= 0.6 is 22.9 Å². The highest BCUT2D eigenvalue weighted by atomic mass is 35.5. The van der Waals surface area contributed by atoms with Crippen molar-refractivity contribution in [3.8, 4) is 0 Å². The predicted molar refractivity (Wildman–Crippen MR) is 101 cm³/mol. The number of rotatable bonds is 6. The van der Waals surface area contributed by atoms with Gasteiger partial charge >= 0.3 is 0 Å². The number of nitrogens with zero attached hydrogens (tertiary/aromatic N) is 2. The molecule has 0 saturated heterocycles. The van der Waals surface area contributed by atoms with Crippen molar-refractivity contribution in [3.63, 3.8) is 0 Å². The van der Waals surface area contributed by atoms with Gasteiger partial charge in [-0.1, -0.05) is 17.7 Å². The largest absolute Gasteiger partial charge is 0.377 e. The summed E-state index contributed by atoms with van der Waals surface area (Å²) in [6.07, 6.45) is 4.77. The van der Waals surface area contributed by atoms with Gasteiger partial charge in [0.1, 0.15) is 10.7 Å². The molecule has 0 aliphatic heterocycles. The first-order valence-corrected chi connectivity index (χ1v) is 10.2. The molecule has 10 heteroatoms. The fourth-order valence-corrected chi connectivity index (χ4v) is 4.40. The highest BCUT2D eigenvalue weighted by Gasteiger charge is 2.23. The van der Waals surface area contributed by atoms with Gasteiger partial charge in [-0.15, -0.1) is 11.3 Å². The van der Waals surface area contributed by atoms with E-state index in [0.717, 1.165) is 29.0 Å². The van der Waals surface area contributed by atoms with Crippen LogP contribution in [0.4, 0.5) is 15.2 Å². The third kappa shape index (κ3) is 4.12. The number of sulfonamides is 1. The average molecular weight is 413 g/mol. The molecule has 0 bridgehead atoms. The van der Waals surface area contributed by atoms with Crippen LogP contribution in [-0.2, 0) is 10.0 Å². The maximum absolute atomic E-state index is 14.5. The number of hydrogen-bond acceptors (Lipinski definition) is 6. The third-order valence-electron chi connectivity index (χ3n) is 3.52. The van der Waals surface area contributed by atoms with Crippen molar-refractivity contribution in [1.29, 1.82) is 0 Å². The Kier molecular flexibility index (Phi) is 5.40. The molecular formula is C16H14ClFN4O2S2. The summed E-state index contributed by atoms with van der Waals surface area (Å²) in [5.41, 5.74) is 1.17. The Labute approximate surface area is 159 Å². The van der Waals surface area contributed by atoms with Crippen LogP contribution in [0.1, 0.15) is 18.5 Å². The first-order valence-electron chi connectivity index (χ1n) is 7.44. The van der Waals surface area contributed by atoms with Gasteiger partial charge in [0.2, 0.25) is 0 Å². The normalized spacial score (nSPS) is 12.6. The smallest absolute Gasteiger partial charge is 0.266 e. The number of anilines is 2. The standard InChI is InChI=1S/C16H14ClFN4O2S2/c1-10(11-3-2-4-19-9-11)21-14-8-13(18)15(7-12(14)17)26(23,24)22-16-20-5-6-25-16/h2-10,21H,1H3,(H,20,22)/t10-/m0/s1. The minimum Gasteiger partial charge on any atom is -0.377 e. The average Bonchev–Trinajstić information content (AvgIpc) is 3.10. The minimum absolute atomic E-state index is 0.0849. The highest BCUT2D eigenvalue weighted by Crippen LogP contribution is 2.31. The summed E-state index contributed by atoms with van der Waals surface area (Å²) in [5.74, 6) is -0.917. The van der Waals surface area contributed by atoms with E-state index in [1.165, 1.54) is 6.20 Å². The second-order valence-electron chi connectivity index (χ2n) is 5.36. The van der Waals surface area contributed by atoms with Crippen molar-refractivity contribution < 1.29 is 12.8 Å². The van der Waals surface area contributed by atoms with Crippen LogP contribution in [0.25, 0.3) is 0 Å². The Morgan fingerprint density at radius 2 is 2.12 bits per heavy atom. The number of hydrogen-bond donors (Lipinski definition) is 2. The van der Waals surface area contributed by atoms with E-state index in [9.17, 15) is 12.8 Å². The summed E-state index contributed by atoms with van der Waals surface area (Å²) in [4.78, 5) is 7.31. The fraction of sp³-hybridized carbons (Fsp3) is 0.125. The van der Waals surface area contributed by atoms with Crippen molar-refractivity contribution in [2.24, 2.45) is 0 Å². The van der Waals surface area contributed by atoms with E-state index in [1.54, 1.807) is 23.8 Å². The van der Waals surface area contributed by atoms with E-state index in [1.807, 2.05) is 13.0 Å². The van der Waals surface area contributed by atoms with E-state index in [4.69, 9.17) is 11.6 Å². The first-order chi connectivity index (χ1) is 12.4. The van der Waals surface area contributed by atoms with Gasteiger partial charge in [-0.05, 0) is 30.7 Å². The highest BCUT2D eigenvalue weighted by molar-refractivity contribution is 7.93. The van der Waals surface area contributed by atoms with Gasteiger partial charge in [0, 0.05) is 24.0 Å². The number of benzene rings is 1. The molecule has 3 rings (SSSR count). The molecule has 1 atom stereocenters. The molecule has 1 aromatic carbocycles. The number of halogens is 2. The van der Waals surface area contributed by atoms with Gasteiger partial charge in [0.05, 0.1) is 16.8 Å². The van der Waals surface area contributed by atoms with Gasteiger partial charge in [0.25, 0.3) is 10.0 Å². The minimum atomic E-state index is -4.13. The maximum atomic E-state index is 14.5. The van der Waals surface area contributed by atoms with Gasteiger partial charge < -0.3 is 5.32 Å². The maximum Gasteiger partial charge on any atom is 0.266 e. The summed E-state index contributed by atoms with van der Waals surface area (Å²) in [6, 6.07) is 5.59. The van der Waals surface area contributed by atoms with Gasteiger partial charge in [-0.2, -0.15) is 0 Å². The second kappa shape index (κ2) is 7.56. The van der Waals surface area contributed by atoms with Crippen LogP contribution < -0.4 is 10.0 Å². The van der Waals surface area contributed by atoms with Crippen LogP contribution in [-0.4, -0.2) is 18.4 Å². The van der Waals surface area contributed by atoms with Gasteiger partial charge in [-0.25, -0.2) is 17.8 Å². The van der Waals surface area contributed by atoms with Crippen LogP contribution in [0.3, 0.4) is 0 Å². The number of pyridine rings is 1. The fourth-order valence-electron chi connectivity index (χ4n) is 2.24. The molecule has 2 aromatic heterocycles. The lowest BCUT2D eigenvalue weighted by molar-refractivity contribution is 0.570. The Balaban J connectivity index is 1.86. The Bertz CT molecular complexity index is 999. The van der Waals surface area contributed by atoms with E-state index >= 15 is 0 Å². The molecule has 0 aliphatic carbocycles. The molecule has 2 N–H and O–H groups in total. The molecule has 2 heterocycles. The topological polar surface area (TPSA) is 84.0 Å². The predicted octanol–water partition coefficient (Wildman–Crippen LogP) is 4.30. The lowest BCUT2D eigenvalue weighted by Crippen LogP contribution is -2.15. The summed E-state index contributed by atoms with van der Waals surface area (Å²) in [6.45, 7) is 1.86. The molecule has 0 fully saturated rings. The SMILES string of the molecule is C[C@H](Nc1cc(F)c(S(=O)(=O)Nc2nccs2)cc1Cl)c1cccnc1. The first kappa shape index (κ1) is 18.6. The number of aromatic nitrogens is 2. The molecule has 0 amide bonds. The second-order valence-corrected chi connectivity index (χ2v) is 8.31. The molecule has 0 unspecified atom stereocenters. The summed E-state index contributed by atoms with van der Waals surface area (Å²) in [7, 11) is -4.13. The van der Waals surface area contributed by atoms with E-state index in [0.29, 0.717) is 0 Å². The number of thiazole rings is 1. The zero-order valence-corrected chi connectivity index (χ0v) is 15.9. The zero-order valence-electron chi connectivity index (χ0n) is 13.5. The number of nitrogens with one attached hydrogen (secondary N) is 2. The van der Waals surface area contributed by atoms with Crippen molar-refractivity contribution in [1.82, 2.24) is 9.97 Å². The van der Waals surface area contributed by atoms with E-state index in [2.05, 4.69) is 20.0 Å². The molecule has 136 valence electrons. The van der Waals surface area contributed by atoms with Crippen LogP contribution in [0.15, 0.2) is 53.1 Å². The lowest BCUT2D eigenvalue weighted by Gasteiger charge is -2.17. The molecule has 26 heavy (non-hydrogen) atoms. The summed E-state index contributed by atoms with van der Waals surface area (Å²) in [5, 5.41) is 4.89. The van der Waals surface area contributed by atoms with Crippen molar-refractivity contribution in [2.75, 3.05) is 10.0 Å². The molecular weight excluding hydrogens is 399 g/mol. The van der Waals surface area contributed by atoms with Crippen molar-refractivity contribution in [3.05, 3.63) is 64.6 Å². The molecule has 3 aromatic rings.